The van der Waals surface area contributed by atoms with Crippen LogP contribution in [0.1, 0.15) is 34.5 Å². The minimum absolute atomic E-state index is 0. The first-order valence-corrected chi connectivity index (χ1v) is 15.0. The van der Waals surface area contributed by atoms with Crippen molar-refractivity contribution in [2.75, 3.05) is 0 Å². The zero-order valence-corrected chi connectivity index (χ0v) is 18.9. The van der Waals surface area contributed by atoms with E-state index in [0.29, 0.717) is 3.63 Å². The Morgan fingerprint density at radius 3 is 2.36 bits per heavy atom. The summed E-state index contributed by atoms with van der Waals surface area (Å²) in [6.45, 7) is 2.21. The van der Waals surface area contributed by atoms with Gasteiger partial charge in [-0.1, -0.05) is 0 Å². The number of benzene rings is 2. The monoisotopic (exact) mass is 483 g/mol. The van der Waals surface area contributed by atoms with Gasteiger partial charge in [0.1, 0.15) is 0 Å². The molecule has 0 radical (unpaired) electrons. The molecule has 0 spiro atoms. The summed E-state index contributed by atoms with van der Waals surface area (Å²) in [4.78, 5) is 0. The van der Waals surface area contributed by atoms with Gasteiger partial charge in [0.2, 0.25) is 0 Å². The number of rotatable bonds is 4. The number of hydrogen-bond acceptors (Lipinski definition) is 0. The molecule has 1 unspecified atom stereocenters. The first-order chi connectivity index (χ1) is 10.2. The summed E-state index contributed by atoms with van der Waals surface area (Å²) in [5, 5.41) is 0. The van der Waals surface area contributed by atoms with Gasteiger partial charge in [0.25, 0.3) is 0 Å². The molecule has 2 aromatic carbocycles. The van der Waals surface area contributed by atoms with Crippen LogP contribution < -0.4 is 0 Å². The van der Waals surface area contributed by atoms with Gasteiger partial charge in [-0.15, -0.1) is 0 Å². The minimum Gasteiger partial charge on any atom is 0 e. The van der Waals surface area contributed by atoms with Crippen molar-refractivity contribution >= 4 is 23.1 Å². The van der Waals surface area contributed by atoms with E-state index in [2.05, 4.69) is 61.5 Å². The van der Waals surface area contributed by atoms with E-state index in [-0.39, 0.29) is 26.2 Å². The van der Waals surface area contributed by atoms with E-state index < -0.39 is 19.4 Å². The van der Waals surface area contributed by atoms with E-state index in [9.17, 15) is 0 Å². The molecule has 111 valence electrons. The predicted molar refractivity (Wildman–Crippen MR) is 89.2 cm³/mol. The number of hydrogen-bond donors (Lipinski definition) is 0. The first kappa shape index (κ1) is 18.9. The molecule has 0 aromatic heterocycles. The molecule has 0 nitrogen and oxygen atoms in total. The Labute approximate surface area is 166 Å². The Bertz CT molecular complexity index is 666. The summed E-state index contributed by atoms with van der Waals surface area (Å²) in [6.07, 6.45) is 4.58. The normalized spacial score (nSPS) is 15.8. The third-order valence-corrected chi connectivity index (χ3v) is 9.32. The zero-order chi connectivity index (χ0) is 14.8. The number of fused-ring (bicyclic) bond motifs is 1. The van der Waals surface area contributed by atoms with Crippen LogP contribution in [0.5, 0.6) is 0 Å². The third kappa shape index (κ3) is 3.78. The maximum atomic E-state index is 6.46. The summed E-state index contributed by atoms with van der Waals surface area (Å²) in [5.74, 6) is 0. The Morgan fingerprint density at radius 1 is 1.00 bits per heavy atom. The Kier molecular flexibility index (Phi) is 7.35. The zero-order valence-electron chi connectivity index (χ0n) is 12.4. The maximum Gasteiger partial charge on any atom is 0 e. The van der Waals surface area contributed by atoms with Crippen LogP contribution in [-0.4, -0.2) is 0 Å². The molecule has 0 saturated carbocycles. The second-order valence-electron chi connectivity index (χ2n) is 5.37. The fourth-order valence-corrected chi connectivity index (χ4v) is 8.59. The Morgan fingerprint density at radius 2 is 1.73 bits per heavy atom. The molecule has 4 heteroatoms. The Hall–Kier alpha value is 0.526. The maximum absolute atomic E-state index is 6.46. The average Bonchev–Trinajstić information content (AvgIpc) is 2.86. The van der Waals surface area contributed by atoms with E-state index in [1.54, 1.807) is 0 Å². The van der Waals surface area contributed by atoms with Gasteiger partial charge in [0, 0.05) is 26.2 Å². The molecule has 1 atom stereocenters. The van der Waals surface area contributed by atoms with Crippen molar-refractivity contribution in [1.82, 2.24) is 0 Å². The van der Waals surface area contributed by atoms with Crippen molar-refractivity contribution in [3.8, 4) is 11.1 Å². The van der Waals surface area contributed by atoms with E-state index in [0.717, 1.165) is 12.8 Å². The van der Waals surface area contributed by atoms with Crippen molar-refractivity contribution in [2.45, 2.75) is 23.4 Å². The molecular weight excluding hydrogens is 470 g/mol. The fourth-order valence-electron chi connectivity index (χ4n) is 3.10. The summed E-state index contributed by atoms with van der Waals surface area (Å²) in [7, 11) is 12.9. The van der Waals surface area contributed by atoms with Gasteiger partial charge >= 0.3 is 142 Å². The van der Waals surface area contributed by atoms with Crippen LogP contribution in [0.25, 0.3) is 17.2 Å². The first-order valence-electron chi connectivity index (χ1n) is 7.29. The van der Waals surface area contributed by atoms with E-state index in [4.69, 9.17) is 17.0 Å². The topological polar surface area (TPSA) is 0 Å². The molecular formula is C18H17Cl2Zr2. The van der Waals surface area contributed by atoms with Crippen LogP contribution in [-0.2, 0) is 45.6 Å². The van der Waals surface area contributed by atoms with Gasteiger partial charge in [-0.25, -0.2) is 0 Å². The van der Waals surface area contributed by atoms with E-state index >= 15 is 0 Å². The molecule has 1 aliphatic rings. The Balaban J connectivity index is 0.00000176. The van der Waals surface area contributed by atoms with Gasteiger partial charge in [-0.3, -0.25) is 0 Å². The van der Waals surface area contributed by atoms with Crippen molar-refractivity contribution < 1.29 is 45.6 Å². The number of halogens is 2. The van der Waals surface area contributed by atoms with Crippen molar-refractivity contribution in [3.63, 3.8) is 0 Å². The van der Waals surface area contributed by atoms with Crippen molar-refractivity contribution in [1.29, 1.82) is 0 Å². The molecule has 0 amide bonds. The average molecular weight is 487 g/mol. The molecule has 0 bridgehead atoms. The van der Waals surface area contributed by atoms with Gasteiger partial charge < -0.3 is 0 Å². The van der Waals surface area contributed by atoms with Crippen LogP contribution >= 0.6 is 17.0 Å². The minimum atomic E-state index is -2.37. The second kappa shape index (κ2) is 8.57. The summed E-state index contributed by atoms with van der Waals surface area (Å²) in [6, 6.07) is 17.1. The fraction of sp³-hybridized carbons (Fsp3) is 0.222. The van der Waals surface area contributed by atoms with Crippen LogP contribution in [0.3, 0.4) is 0 Å². The standard InChI is InChI=1S/C18H17.2ClH.2Zr/c1-2-7-14-12-16-10-6-11-17(18(16)13-14)15-8-4-3-5-9-15;;;;/h3-6,8-13H,2,7H2,1H3;2*1H;;/q;;;;+2/p-2. The second-order valence-corrected chi connectivity index (χ2v) is 14.2. The predicted octanol–water partition coefficient (Wildman–Crippen LogP) is 6.52. The van der Waals surface area contributed by atoms with Crippen LogP contribution in [0, 0.1) is 0 Å². The molecule has 0 aliphatic heterocycles. The van der Waals surface area contributed by atoms with Crippen LogP contribution in [0.2, 0.25) is 0 Å². The summed E-state index contributed by atoms with van der Waals surface area (Å²) < 4.78 is 0.328. The quantitative estimate of drug-likeness (QED) is 0.462. The molecule has 0 saturated heterocycles. The largest absolute Gasteiger partial charge is 0 e. The summed E-state index contributed by atoms with van der Waals surface area (Å²) in [5.41, 5.74) is 6.67. The molecule has 22 heavy (non-hydrogen) atoms. The molecule has 2 aromatic rings. The smallest absolute Gasteiger partial charge is 0 e. The van der Waals surface area contributed by atoms with Gasteiger partial charge in [-0.2, -0.15) is 0 Å². The van der Waals surface area contributed by atoms with E-state index in [1.807, 2.05) is 0 Å². The van der Waals surface area contributed by atoms with Gasteiger partial charge in [0.05, 0.1) is 0 Å². The third-order valence-electron chi connectivity index (χ3n) is 3.99. The molecule has 3 rings (SSSR count). The van der Waals surface area contributed by atoms with Gasteiger partial charge in [0.15, 0.2) is 0 Å². The van der Waals surface area contributed by atoms with E-state index in [1.165, 1.54) is 27.8 Å². The molecule has 1 aliphatic carbocycles. The molecule has 0 N–H and O–H groups in total. The SMILES string of the molecule is CCCC1=Cc2c(-c3ccccc3)cccc2[CH]1[Zr]([Cl])[Cl].[Zr]. The molecule has 0 heterocycles. The van der Waals surface area contributed by atoms with Gasteiger partial charge in [-0.05, 0) is 0 Å². The van der Waals surface area contributed by atoms with Crippen molar-refractivity contribution in [3.05, 3.63) is 65.2 Å². The number of allylic oxidation sites excluding steroid dienone is 1. The molecule has 0 fully saturated rings. The summed E-state index contributed by atoms with van der Waals surface area (Å²) >= 11 is -2.37. The van der Waals surface area contributed by atoms with Crippen LogP contribution in [0.4, 0.5) is 0 Å². The van der Waals surface area contributed by atoms with Crippen molar-refractivity contribution in [2.24, 2.45) is 0 Å². The van der Waals surface area contributed by atoms with Crippen LogP contribution in [0.15, 0.2) is 54.1 Å².